The number of hydrogen-bond acceptors (Lipinski definition) is 3. The lowest BCUT2D eigenvalue weighted by Crippen LogP contribution is -2.26. The highest BCUT2D eigenvalue weighted by Gasteiger charge is 2.11. The molecule has 3 aromatic rings. The number of thioether (sulfide) groups is 1. The van der Waals surface area contributed by atoms with Gasteiger partial charge in [0.15, 0.2) is 0 Å². The lowest BCUT2D eigenvalue weighted by atomic mass is 10.0. The van der Waals surface area contributed by atoms with Crippen LogP contribution in [-0.4, -0.2) is 23.8 Å². The van der Waals surface area contributed by atoms with E-state index in [1.165, 1.54) is 11.0 Å². The van der Waals surface area contributed by atoms with E-state index in [4.69, 9.17) is 0 Å². The molecule has 0 aliphatic heterocycles. The molecule has 0 saturated carbocycles. The van der Waals surface area contributed by atoms with E-state index in [9.17, 15) is 9.90 Å². The summed E-state index contributed by atoms with van der Waals surface area (Å²) in [5.41, 5.74) is 1.78. The largest absolute Gasteiger partial charge is 0.387 e. The van der Waals surface area contributed by atoms with Gasteiger partial charge in [0.2, 0.25) is 5.91 Å². The first-order valence-corrected chi connectivity index (χ1v) is 9.65. The summed E-state index contributed by atoms with van der Waals surface area (Å²) in [7, 11) is 0. The van der Waals surface area contributed by atoms with E-state index >= 15 is 0 Å². The molecule has 3 nitrogen and oxygen atoms in total. The minimum atomic E-state index is -0.751. The minimum absolute atomic E-state index is 0.169. The molecule has 3 rings (SSSR count). The molecule has 1 atom stereocenters. The second-order valence-electron chi connectivity index (χ2n) is 5.94. The molecule has 0 aliphatic carbocycles. The number of amides is 1. The van der Waals surface area contributed by atoms with Gasteiger partial charge in [-0.1, -0.05) is 54.6 Å². The minimum Gasteiger partial charge on any atom is -0.387 e. The zero-order valence-corrected chi connectivity index (χ0v) is 15.4. The van der Waals surface area contributed by atoms with Crippen LogP contribution in [-0.2, 0) is 4.79 Å². The Labute approximate surface area is 157 Å². The number of benzene rings is 3. The number of fused-ring (bicyclic) bond motifs is 1. The number of rotatable bonds is 6. The van der Waals surface area contributed by atoms with Gasteiger partial charge in [-0.25, -0.2) is 0 Å². The second-order valence-corrected chi connectivity index (χ2v) is 6.82. The van der Waals surface area contributed by atoms with Gasteiger partial charge in [0.25, 0.3) is 0 Å². The SMILES string of the molecule is CSc1ccc(/C=C/C(=O)NC[C@@H](O)c2cccc3ccccc23)cc1. The summed E-state index contributed by atoms with van der Waals surface area (Å²) in [6, 6.07) is 21.7. The predicted octanol–water partition coefficient (Wildman–Crippen LogP) is 4.42. The van der Waals surface area contributed by atoms with Crippen LogP contribution in [0.15, 0.2) is 77.7 Å². The number of carbonyl (C=O) groups is 1. The van der Waals surface area contributed by atoms with Crippen molar-refractivity contribution in [3.8, 4) is 0 Å². The Kier molecular flexibility index (Phi) is 6.10. The van der Waals surface area contributed by atoms with Gasteiger partial charge in [-0.05, 0) is 46.4 Å². The van der Waals surface area contributed by atoms with Crippen LogP contribution in [0.2, 0.25) is 0 Å². The van der Waals surface area contributed by atoms with Gasteiger partial charge >= 0.3 is 0 Å². The van der Waals surface area contributed by atoms with Crippen LogP contribution in [0, 0.1) is 0 Å². The van der Waals surface area contributed by atoms with Gasteiger partial charge in [-0.15, -0.1) is 11.8 Å². The first-order chi connectivity index (χ1) is 12.7. The van der Waals surface area contributed by atoms with E-state index < -0.39 is 6.10 Å². The zero-order chi connectivity index (χ0) is 18.4. The van der Waals surface area contributed by atoms with E-state index in [-0.39, 0.29) is 12.5 Å². The van der Waals surface area contributed by atoms with Crippen LogP contribution in [0.4, 0.5) is 0 Å². The molecular weight excluding hydrogens is 342 g/mol. The summed E-state index contributed by atoms with van der Waals surface area (Å²) >= 11 is 1.68. The van der Waals surface area contributed by atoms with Crippen molar-refractivity contribution >= 4 is 34.5 Å². The van der Waals surface area contributed by atoms with Crippen LogP contribution < -0.4 is 5.32 Å². The van der Waals surface area contributed by atoms with Gasteiger partial charge in [0.1, 0.15) is 0 Å². The first-order valence-electron chi connectivity index (χ1n) is 8.43. The maximum atomic E-state index is 12.0. The Morgan fingerprint density at radius 3 is 2.58 bits per heavy atom. The summed E-state index contributed by atoms with van der Waals surface area (Å²) in [6.07, 6.45) is 4.53. The third kappa shape index (κ3) is 4.54. The third-order valence-corrected chi connectivity index (χ3v) is 4.94. The standard InChI is InChI=1S/C22H21NO2S/c1-26-18-12-9-16(10-13-18)11-14-22(25)23-15-21(24)20-8-4-6-17-5-2-3-7-19(17)20/h2-14,21,24H,15H2,1H3,(H,23,25)/b14-11+/t21-/m1/s1. The lowest BCUT2D eigenvalue weighted by Gasteiger charge is -2.14. The normalized spacial score (nSPS) is 12.4. The Balaban J connectivity index is 1.60. The molecule has 0 aliphatic rings. The number of carbonyl (C=O) groups excluding carboxylic acids is 1. The van der Waals surface area contributed by atoms with Crippen LogP contribution in [0.1, 0.15) is 17.2 Å². The third-order valence-electron chi connectivity index (χ3n) is 4.19. The molecule has 26 heavy (non-hydrogen) atoms. The monoisotopic (exact) mass is 363 g/mol. The molecule has 0 radical (unpaired) electrons. The molecule has 0 heterocycles. The molecule has 0 spiro atoms. The van der Waals surface area contributed by atoms with Crippen molar-refractivity contribution in [2.24, 2.45) is 0 Å². The Morgan fingerprint density at radius 1 is 1.08 bits per heavy atom. The lowest BCUT2D eigenvalue weighted by molar-refractivity contribution is -0.116. The molecular formula is C22H21NO2S. The molecule has 0 saturated heterocycles. The number of aliphatic hydroxyl groups excluding tert-OH is 1. The number of nitrogens with one attached hydrogen (secondary N) is 1. The summed E-state index contributed by atoms with van der Waals surface area (Å²) in [5, 5.41) is 15.3. The van der Waals surface area contributed by atoms with Gasteiger partial charge in [0.05, 0.1) is 6.10 Å². The van der Waals surface area contributed by atoms with Gasteiger partial charge < -0.3 is 10.4 Å². The maximum absolute atomic E-state index is 12.0. The molecule has 0 fully saturated rings. The first kappa shape index (κ1) is 18.2. The second kappa shape index (κ2) is 8.70. The van der Waals surface area contributed by atoms with Crippen molar-refractivity contribution in [3.63, 3.8) is 0 Å². The molecule has 3 aromatic carbocycles. The van der Waals surface area contributed by atoms with Crippen LogP contribution in [0.5, 0.6) is 0 Å². The van der Waals surface area contributed by atoms with Crippen LogP contribution in [0.25, 0.3) is 16.8 Å². The van der Waals surface area contributed by atoms with E-state index in [0.717, 1.165) is 21.9 Å². The Bertz CT molecular complexity index is 914. The van der Waals surface area contributed by atoms with Gasteiger partial charge in [-0.2, -0.15) is 0 Å². The highest BCUT2D eigenvalue weighted by Crippen LogP contribution is 2.23. The van der Waals surface area contributed by atoms with E-state index in [0.29, 0.717) is 0 Å². The molecule has 132 valence electrons. The Hall–Kier alpha value is -2.56. The Morgan fingerprint density at radius 2 is 1.81 bits per heavy atom. The fourth-order valence-electron chi connectivity index (χ4n) is 2.79. The molecule has 4 heteroatoms. The zero-order valence-electron chi connectivity index (χ0n) is 14.6. The number of aliphatic hydroxyl groups is 1. The van der Waals surface area contributed by atoms with Crippen molar-refractivity contribution in [3.05, 3.63) is 83.9 Å². The average Bonchev–Trinajstić information content (AvgIpc) is 2.70. The summed E-state index contributed by atoms with van der Waals surface area (Å²) < 4.78 is 0. The molecule has 1 amide bonds. The number of hydrogen-bond donors (Lipinski definition) is 2. The highest BCUT2D eigenvalue weighted by atomic mass is 32.2. The molecule has 0 bridgehead atoms. The smallest absolute Gasteiger partial charge is 0.244 e. The summed E-state index contributed by atoms with van der Waals surface area (Å²) in [4.78, 5) is 13.2. The van der Waals surface area contributed by atoms with Crippen molar-refractivity contribution in [1.29, 1.82) is 0 Å². The summed E-state index contributed by atoms with van der Waals surface area (Å²) in [6.45, 7) is 0.169. The van der Waals surface area contributed by atoms with Crippen LogP contribution in [0.3, 0.4) is 0 Å². The molecule has 0 unspecified atom stereocenters. The topological polar surface area (TPSA) is 49.3 Å². The van der Waals surface area contributed by atoms with Gasteiger partial charge in [0, 0.05) is 17.5 Å². The molecule has 0 aromatic heterocycles. The highest BCUT2D eigenvalue weighted by molar-refractivity contribution is 7.98. The van der Waals surface area contributed by atoms with E-state index in [2.05, 4.69) is 5.32 Å². The van der Waals surface area contributed by atoms with Crippen molar-refractivity contribution in [2.75, 3.05) is 12.8 Å². The fourth-order valence-corrected chi connectivity index (χ4v) is 3.20. The van der Waals surface area contributed by atoms with E-state index in [1.807, 2.05) is 73.0 Å². The van der Waals surface area contributed by atoms with Crippen LogP contribution >= 0.6 is 11.8 Å². The van der Waals surface area contributed by atoms with Crippen molar-refractivity contribution in [2.45, 2.75) is 11.0 Å². The van der Waals surface area contributed by atoms with Gasteiger partial charge in [-0.3, -0.25) is 4.79 Å². The maximum Gasteiger partial charge on any atom is 0.244 e. The summed E-state index contributed by atoms with van der Waals surface area (Å²) in [5.74, 6) is -0.224. The molecule has 2 N–H and O–H groups in total. The van der Waals surface area contributed by atoms with Crippen molar-refractivity contribution < 1.29 is 9.90 Å². The average molecular weight is 363 g/mol. The quantitative estimate of drug-likeness (QED) is 0.503. The predicted molar refractivity (Wildman–Crippen MR) is 109 cm³/mol. The van der Waals surface area contributed by atoms with Crippen molar-refractivity contribution in [1.82, 2.24) is 5.32 Å². The fraction of sp³-hybridized carbons (Fsp3) is 0.136. The van der Waals surface area contributed by atoms with E-state index in [1.54, 1.807) is 17.8 Å².